The Kier molecular flexibility index (Phi) is 8.85. The molecule has 16 atom stereocenters. The van der Waals surface area contributed by atoms with E-state index in [0.717, 1.165) is 44.9 Å². The van der Waals surface area contributed by atoms with Gasteiger partial charge in [-0.1, -0.05) is 44.5 Å². The summed E-state index contributed by atoms with van der Waals surface area (Å²) < 4.78 is 27.4. The van der Waals surface area contributed by atoms with Gasteiger partial charge in [-0.15, -0.1) is 0 Å². The second-order valence-corrected chi connectivity index (χ2v) is 18.0. The van der Waals surface area contributed by atoms with Crippen LogP contribution in [0, 0.1) is 47.3 Å². The molecule has 52 heavy (non-hydrogen) atoms. The van der Waals surface area contributed by atoms with Crippen molar-refractivity contribution >= 4 is 29.1 Å². The molecular weight excluding hydrogens is 692 g/mol. The summed E-state index contributed by atoms with van der Waals surface area (Å²) in [5.41, 5.74) is -0.311. The van der Waals surface area contributed by atoms with Crippen molar-refractivity contribution in [2.45, 2.75) is 147 Å². The van der Waals surface area contributed by atoms with Crippen LogP contribution in [0.5, 0.6) is 0 Å². The van der Waals surface area contributed by atoms with Crippen molar-refractivity contribution in [2.75, 3.05) is 5.32 Å². The van der Waals surface area contributed by atoms with Gasteiger partial charge in [0.05, 0.1) is 11.8 Å². The second kappa shape index (κ2) is 12.8. The molecule has 2 saturated carbocycles. The highest BCUT2D eigenvalue weighted by atomic mass is 35.5. The van der Waals surface area contributed by atoms with E-state index in [1.165, 1.54) is 0 Å². The molecule has 286 valence electrons. The Morgan fingerprint density at radius 1 is 0.769 bits per heavy atom. The van der Waals surface area contributed by atoms with Crippen LogP contribution in [0.2, 0.25) is 5.02 Å². The van der Waals surface area contributed by atoms with Crippen molar-refractivity contribution in [1.82, 2.24) is 0 Å². The van der Waals surface area contributed by atoms with Gasteiger partial charge in [0.2, 0.25) is 11.6 Å². The van der Waals surface area contributed by atoms with Crippen LogP contribution in [0.4, 0.5) is 10.5 Å². The fourth-order valence-corrected chi connectivity index (χ4v) is 11.8. The summed E-state index contributed by atoms with van der Waals surface area (Å²) in [5, 5.41) is 7.95. The lowest BCUT2D eigenvalue weighted by atomic mass is 9.56. The first-order valence-electron chi connectivity index (χ1n) is 19.5. The summed E-state index contributed by atoms with van der Waals surface area (Å²) in [4.78, 5) is 43.8. The molecule has 13 heteroatoms. The monoisotopic (exact) mass is 744 g/mol. The zero-order valence-corrected chi connectivity index (χ0v) is 31.8. The molecule has 1 aromatic carbocycles. The number of carbonyl (C=O) groups excluding carboxylic acids is 1. The Balaban J connectivity index is 1.05. The number of amides is 1. The maximum atomic E-state index is 13.2. The number of ether oxygens (including phenoxy) is 4. The maximum absolute atomic E-state index is 13.2. The highest BCUT2D eigenvalue weighted by Gasteiger charge is 2.71. The normalized spacial score (nSPS) is 50.7. The molecule has 12 nitrogen and oxygen atoms in total. The molecule has 8 saturated heterocycles. The minimum absolute atomic E-state index is 0.0555. The van der Waals surface area contributed by atoms with Crippen molar-refractivity contribution in [3.63, 3.8) is 0 Å². The van der Waals surface area contributed by atoms with Crippen molar-refractivity contribution in [2.24, 2.45) is 52.5 Å². The van der Waals surface area contributed by atoms with Gasteiger partial charge in [-0.3, -0.25) is 10.2 Å². The summed E-state index contributed by atoms with van der Waals surface area (Å²) >= 11 is 6.07. The lowest BCUT2D eigenvalue weighted by Gasteiger charge is -2.61. The zero-order chi connectivity index (χ0) is 36.2. The van der Waals surface area contributed by atoms with Gasteiger partial charge in [0.25, 0.3) is 0 Å². The summed E-state index contributed by atoms with van der Waals surface area (Å²) in [6, 6.07) is 6.82. The van der Waals surface area contributed by atoms with Gasteiger partial charge in [-0.2, -0.15) is 0 Å². The number of anilines is 1. The quantitative estimate of drug-likeness (QED) is 0.137. The van der Waals surface area contributed by atoms with E-state index < -0.39 is 47.6 Å². The Morgan fingerprint density at radius 2 is 1.33 bits per heavy atom. The van der Waals surface area contributed by atoms with Crippen LogP contribution in [0.15, 0.2) is 29.4 Å². The van der Waals surface area contributed by atoms with E-state index >= 15 is 0 Å². The number of benzene rings is 1. The Labute approximate surface area is 310 Å². The van der Waals surface area contributed by atoms with Gasteiger partial charge >= 0.3 is 6.09 Å². The van der Waals surface area contributed by atoms with E-state index in [-0.39, 0.29) is 41.6 Å². The number of carbonyl (C=O) groups is 1. The van der Waals surface area contributed by atoms with E-state index in [9.17, 15) is 4.79 Å². The molecule has 10 fully saturated rings. The van der Waals surface area contributed by atoms with Gasteiger partial charge < -0.3 is 18.9 Å². The summed E-state index contributed by atoms with van der Waals surface area (Å²) in [5.74, 6) is -0.261. The fourth-order valence-electron chi connectivity index (χ4n) is 11.7. The molecule has 1 aromatic rings. The standard InChI is InChI=1S/C39H53ClN2O10/c1-20-7-13-28-22(3)31(44-33-38(28)26(20)15-17-36(5,46-33)49-51-38)19-30(42-48-35(43)41-25-11-9-24(40)10-12-25)32-23(4)29-14-8-21(2)27-16-18-37(6)47-34(45-32)39(27,29)52-50-37/h9-12,20-23,26-29,31-34H,7-8,13-19H2,1-6H3,(H,41,43)/b42-30-/t20-,21-,22-,23-,26+,27+,28+,29+,31-,32+,33-,34-,36+,37+,38?,39?/m1/s1. The number of nitrogens with zero attached hydrogens (tertiary/aromatic N) is 1. The summed E-state index contributed by atoms with van der Waals surface area (Å²) in [7, 11) is 0. The summed E-state index contributed by atoms with van der Waals surface area (Å²) in [6.45, 7) is 12.9. The van der Waals surface area contributed by atoms with E-state index in [4.69, 9.17) is 54.9 Å². The summed E-state index contributed by atoms with van der Waals surface area (Å²) in [6.07, 6.45) is 4.89. The van der Waals surface area contributed by atoms with Gasteiger partial charge in [0.1, 0.15) is 6.10 Å². The third kappa shape index (κ3) is 5.52. The first-order chi connectivity index (χ1) is 24.8. The van der Waals surface area contributed by atoms with Crippen LogP contribution in [0.3, 0.4) is 0 Å². The minimum atomic E-state index is -0.923. The van der Waals surface area contributed by atoms with Gasteiger partial charge in [-0.25, -0.2) is 24.3 Å². The van der Waals surface area contributed by atoms with Gasteiger partial charge in [0.15, 0.2) is 23.8 Å². The van der Waals surface area contributed by atoms with Crippen LogP contribution in [-0.4, -0.2) is 59.4 Å². The Hall–Kier alpha value is -1.87. The predicted octanol–water partition coefficient (Wildman–Crippen LogP) is 8.14. The first kappa shape index (κ1) is 35.8. The maximum Gasteiger partial charge on any atom is 0.437 e. The molecule has 8 aliphatic heterocycles. The number of rotatable bonds is 5. The first-order valence-corrected chi connectivity index (χ1v) is 19.9. The highest BCUT2D eigenvalue weighted by molar-refractivity contribution is 6.30. The van der Waals surface area contributed by atoms with Crippen molar-refractivity contribution in [1.29, 1.82) is 0 Å². The number of hydrogen-bond donors (Lipinski definition) is 1. The van der Waals surface area contributed by atoms with Crippen LogP contribution < -0.4 is 5.32 Å². The lowest BCUT2D eigenvalue weighted by Crippen LogP contribution is -2.71. The third-order valence-electron chi connectivity index (χ3n) is 14.5. The SMILES string of the molecule is C[C@H]1[C@@H](/C(C[C@H]2O[C@@H]3O[C@]4(C)CC[C@H]5[C@H](C)CC[C@@H]([C@H]2C)C35OO4)=N\OC(=O)Nc2ccc(Cl)cc2)O[C@@H]2O[C@]3(C)CC[C@H]4[C@H](C)CC[C@@H]1C24OO3. The zero-order valence-electron chi connectivity index (χ0n) is 31.0. The van der Waals surface area contributed by atoms with Crippen LogP contribution in [0.25, 0.3) is 0 Å². The molecule has 0 radical (unpaired) electrons. The molecule has 2 spiro atoms. The van der Waals surface area contributed by atoms with Crippen LogP contribution in [0.1, 0.15) is 99.3 Å². The molecular formula is C39H53ClN2O10. The highest BCUT2D eigenvalue weighted by Crippen LogP contribution is 2.63. The largest absolute Gasteiger partial charge is 0.437 e. The lowest BCUT2D eigenvalue weighted by molar-refractivity contribution is -0.571. The van der Waals surface area contributed by atoms with Crippen LogP contribution >= 0.6 is 11.6 Å². The van der Waals surface area contributed by atoms with Crippen LogP contribution in [-0.2, 0) is 43.3 Å². The van der Waals surface area contributed by atoms with E-state index in [0.29, 0.717) is 41.1 Å². The van der Waals surface area contributed by atoms with Gasteiger partial charge in [-0.05, 0) is 112 Å². The van der Waals surface area contributed by atoms with E-state index in [1.807, 2.05) is 13.8 Å². The average Bonchev–Trinajstić information content (AvgIpc) is 3.49. The fraction of sp³-hybridized carbons (Fsp3) is 0.795. The van der Waals surface area contributed by atoms with Crippen molar-refractivity contribution < 1.29 is 48.1 Å². The van der Waals surface area contributed by atoms with Crippen molar-refractivity contribution in [3.05, 3.63) is 29.3 Å². The van der Waals surface area contributed by atoms with E-state index in [2.05, 4.69) is 38.2 Å². The number of hydrogen-bond acceptors (Lipinski definition) is 11. The third-order valence-corrected chi connectivity index (χ3v) is 14.8. The topological polar surface area (TPSA) is 125 Å². The Bertz CT molecular complexity index is 1580. The molecule has 0 aromatic heterocycles. The number of nitrogens with one attached hydrogen (secondary N) is 1. The molecule has 4 bridgehead atoms. The average molecular weight is 745 g/mol. The minimum Gasteiger partial charge on any atom is -0.345 e. The number of fused-ring (bicyclic) bond motifs is 4. The number of halogens is 1. The molecule has 8 heterocycles. The molecule has 10 aliphatic rings. The molecule has 2 unspecified atom stereocenters. The Morgan fingerprint density at radius 3 is 1.92 bits per heavy atom. The smallest absolute Gasteiger partial charge is 0.345 e. The van der Waals surface area contributed by atoms with Crippen molar-refractivity contribution in [3.8, 4) is 0 Å². The van der Waals surface area contributed by atoms with Gasteiger partial charge in [0, 0.05) is 41.8 Å². The molecule has 2 aliphatic carbocycles. The second-order valence-electron chi connectivity index (χ2n) is 17.6. The molecule has 1 amide bonds. The molecule has 1 N–H and O–H groups in total. The predicted molar refractivity (Wildman–Crippen MR) is 187 cm³/mol. The molecule has 11 rings (SSSR count). The van der Waals surface area contributed by atoms with E-state index in [1.54, 1.807) is 24.3 Å². The number of oxime groups is 1.